The summed E-state index contributed by atoms with van der Waals surface area (Å²) in [6.07, 6.45) is 2.32. The van der Waals surface area contributed by atoms with Crippen LogP contribution in [0.1, 0.15) is 0 Å². The van der Waals surface area contributed by atoms with E-state index in [0.29, 0.717) is 6.54 Å². The third kappa shape index (κ3) is 1.78. The molecule has 5 heteroatoms. The van der Waals surface area contributed by atoms with E-state index in [1.165, 1.54) is 6.08 Å². The molecule has 0 aromatic rings. The first-order valence-electron chi connectivity index (χ1n) is 3.19. The van der Waals surface area contributed by atoms with Crippen LogP contribution in [0.4, 0.5) is 0 Å². The van der Waals surface area contributed by atoms with E-state index in [-0.39, 0.29) is 12.5 Å². The highest BCUT2D eigenvalue weighted by Gasteiger charge is 2.21. The maximum Gasteiger partial charge on any atom is 0.437 e. The van der Waals surface area contributed by atoms with Gasteiger partial charge in [0.05, 0.1) is 12.6 Å². The molecule has 2 amide bonds. The van der Waals surface area contributed by atoms with Gasteiger partial charge < -0.3 is 5.73 Å². The van der Waals surface area contributed by atoms with E-state index >= 15 is 0 Å². The average molecular weight is 154 g/mol. The molecule has 0 aromatic heterocycles. The van der Waals surface area contributed by atoms with E-state index in [9.17, 15) is 9.59 Å². The molecule has 0 aromatic carbocycles. The van der Waals surface area contributed by atoms with Gasteiger partial charge in [-0.25, -0.2) is 4.79 Å². The Morgan fingerprint density at radius 2 is 2.18 bits per heavy atom. The van der Waals surface area contributed by atoms with E-state index in [1.54, 1.807) is 0 Å². The van der Waals surface area contributed by atoms with Gasteiger partial charge in [0.25, 0.3) is 0 Å². The summed E-state index contributed by atoms with van der Waals surface area (Å²) in [7, 11) is 0. The second kappa shape index (κ2) is 3.16. The van der Waals surface area contributed by atoms with Crippen molar-refractivity contribution in [2.24, 2.45) is 10.8 Å². The number of rotatable bonds is 2. The van der Waals surface area contributed by atoms with Crippen molar-refractivity contribution in [3.8, 4) is 0 Å². The van der Waals surface area contributed by atoms with E-state index in [0.717, 1.165) is 10.8 Å². The van der Waals surface area contributed by atoms with Gasteiger partial charge in [0.2, 0.25) is 0 Å². The first-order valence-corrected chi connectivity index (χ1v) is 3.19. The molecule has 2 N–H and O–H groups in total. The van der Waals surface area contributed by atoms with Crippen molar-refractivity contribution in [3.63, 3.8) is 0 Å². The molecule has 5 nitrogen and oxygen atoms in total. The predicted molar refractivity (Wildman–Crippen MR) is 35.8 cm³/mol. The van der Waals surface area contributed by atoms with Gasteiger partial charge >= 0.3 is 11.8 Å². The molecule has 0 aliphatic carbocycles. The van der Waals surface area contributed by atoms with Crippen LogP contribution >= 0.6 is 0 Å². The van der Waals surface area contributed by atoms with E-state index in [2.05, 4.69) is 5.11 Å². The van der Waals surface area contributed by atoms with Gasteiger partial charge in [-0.1, -0.05) is 0 Å². The highest BCUT2D eigenvalue weighted by Crippen LogP contribution is 1.93. The lowest BCUT2D eigenvalue weighted by Gasteiger charge is -1.94. The van der Waals surface area contributed by atoms with Gasteiger partial charge in [-0.2, -0.15) is 0 Å². The fraction of sp³-hybridized carbons (Fsp3) is 0.333. The molecule has 0 atom stereocenters. The van der Waals surface area contributed by atoms with E-state index < -0.39 is 5.91 Å². The minimum atomic E-state index is -0.418. The molecule has 0 radical (unpaired) electrons. The number of azo groups is 2. The van der Waals surface area contributed by atoms with Crippen molar-refractivity contribution in [1.29, 1.82) is 0 Å². The van der Waals surface area contributed by atoms with Crippen molar-refractivity contribution < 1.29 is 14.3 Å². The molecule has 1 heterocycles. The van der Waals surface area contributed by atoms with Crippen LogP contribution in [-0.4, -0.2) is 29.6 Å². The third-order valence-electron chi connectivity index (χ3n) is 1.18. The van der Waals surface area contributed by atoms with Crippen molar-refractivity contribution >= 4 is 11.8 Å². The zero-order chi connectivity index (χ0) is 8.27. The summed E-state index contributed by atoms with van der Waals surface area (Å²) < 4.78 is 1.06. The molecule has 1 aliphatic rings. The van der Waals surface area contributed by atoms with Gasteiger partial charge in [-0.15, -0.1) is 0 Å². The molecule has 0 spiro atoms. The minimum absolute atomic E-state index is 0.287. The quantitative estimate of drug-likeness (QED) is 0.520. The van der Waals surface area contributed by atoms with Crippen LogP contribution in [0.3, 0.4) is 0 Å². The Balaban J connectivity index is 2.76. The van der Waals surface area contributed by atoms with Gasteiger partial charge in [-0.05, 0) is 4.70 Å². The SMILES string of the molecule is NCC[N+]1=NC(=O)C=CC1=O. The van der Waals surface area contributed by atoms with Gasteiger partial charge in [-0.3, -0.25) is 4.79 Å². The van der Waals surface area contributed by atoms with Crippen molar-refractivity contribution in [2.45, 2.75) is 0 Å². The third-order valence-corrected chi connectivity index (χ3v) is 1.18. The molecule has 0 unspecified atom stereocenters. The van der Waals surface area contributed by atoms with Crippen LogP contribution in [0.25, 0.3) is 0 Å². The van der Waals surface area contributed by atoms with E-state index in [1.807, 2.05) is 0 Å². The summed E-state index contributed by atoms with van der Waals surface area (Å²) >= 11 is 0. The van der Waals surface area contributed by atoms with Crippen molar-refractivity contribution in [2.75, 3.05) is 13.1 Å². The maximum atomic E-state index is 10.9. The Labute approximate surface area is 63.2 Å². The average Bonchev–Trinajstić information content (AvgIpc) is 1.98. The molecule has 1 aliphatic heterocycles. The van der Waals surface area contributed by atoms with E-state index in [4.69, 9.17) is 5.73 Å². The Morgan fingerprint density at radius 3 is 2.82 bits per heavy atom. The van der Waals surface area contributed by atoms with Crippen LogP contribution < -0.4 is 5.73 Å². The Bertz CT molecular complexity index is 255. The highest BCUT2D eigenvalue weighted by molar-refractivity contribution is 5.96. The van der Waals surface area contributed by atoms with Crippen LogP contribution in [0.5, 0.6) is 0 Å². The Morgan fingerprint density at radius 1 is 1.45 bits per heavy atom. The minimum Gasteiger partial charge on any atom is -0.325 e. The summed E-state index contributed by atoms with van der Waals surface area (Å²) in [5.74, 6) is -0.715. The number of amides is 2. The zero-order valence-corrected chi connectivity index (χ0v) is 5.86. The number of hydrogen-bond donors (Lipinski definition) is 1. The molecule has 0 saturated heterocycles. The summed E-state index contributed by atoms with van der Waals surface area (Å²) in [6.45, 7) is 0.589. The van der Waals surface area contributed by atoms with Crippen molar-refractivity contribution in [3.05, 3.63) is 12.2 Å². The molecule has 0 bridgehead atoms. The zero-order valence-electron chi connectivity index (χ0n) is 5.86. The fourth-order valence-corrected chi connectivity index (χ4v) is 0.713. The molecule has 11 heavy (non-hydrogen) atoms. The number of nitrogens with two attached hydrogens (primary N) is 1. The van der Waals surface area contributed by atoms with Gasteiger partial charge in [0, 0.05) is 11.2 Å². The predicted octanol–water partition coefficient (Wildman–Crippen LogP) is -0.967. The second-order valence-electron chi connectivity index (χ2n) is 2.02. The lowest BCUT2D eigenvalue weighted by atomic mass is 10.4. The molecule has 0 saturated carbocycles. The summed E-state index contributed by atoms with van der Waals surface area (Å²) in [5, 5.41) is 3.43. The lowest BCUT2D eigenvalue weighted by Crippen LogP contribution is -2.27. The van der Waals surface area contributed by atoms with Gasteiger partial charge in [0.1, 0.15) is 0 Å². The number of hydrogen-bond acceptors (Lipinski definition) is 3. The van der Waals surface area contributed by atoms with Crippen LogP contribution in [0.2, 0.25) is 0 Å². The highest BCUT2D eigenvalue weighted by atomic mass is 16.2. The Hall–Kier alpha value is -1.36. The normalized spacial score (nSPS) is 17.0. The topological polar surface area (TPSA) is 75.5 Å². The molecular formula is C6H8N3O2+. The smallest absolute Gasteiger partial charge is 0.325 e. The molecular weight excluding hydrogens is 146 g/mol. The number of carbonyl (C=O) groups is 2. The van der Waals surface area contributed by atoms with Crippen LogP contribution in [0, 0.1) is 0 Å². The second-order valence-corrected chi connectivity index (χ2v) is 2.02. The monoisotopic (exact) mass is 154 g/mol. The molecule has 1 rings (SSSR count). The Kier molecular flexibility index (Phi) is 2.22. The largest absolute Gasteiger partial charge is 0.437 e. The lowest BCUT2D eigenvalue weighted by molar-refractivity contribution is -0.504. The number of carbonyl (C=O) groups excluding carboxylic acids is 2. The summed E-state index contributed by atoms with van der Waals surface area (Å²) in [6, 6.07) is 0. The van der Waals surface area contributed by atoms with Crippen LogP contribution in [-0.2, 0) is 9.59 Å². The number of nitrogens with zero attached hydrogens (tertiary/aromatic N) is 2. The molecule has 58 valence electrons. The standard InChI is InChI=1S/C6H8N3O2/c7-3-4-9-6(11)2-1-5(10)8-9/h1-2H,3-4,7H2/q+1. The van der Waals surface area contributed by atoms with Crippen LogP contribution in [0.15, 0.2) is 17.3 Å². The fourth-order valence-electron chi connectivity index (χ4n) is 0.713. The first-order chi connectivity index (χ1) is 5.24. The van der Waals surface area contributed by atoms with Gasteiger partial charge in [0.15, 0.2) is 6.54 Å². The molecule has 0 fully saturated rings. The maximum absolute atomic E-state index is 10.9. The van der Waals surface area contributed by atoms with Crippen molar-refractivity contribution in [1.82, 2.24) is 0 Å². The summed E-state index contributed by atoms with van der Waals surface area (Å²) in [4.78, 5) is 21.5. The summed E-state index contributed by atoms with van der Waals surface area (Å²) in [5.41, 5.74) is 5.18. The first kappa shape index (κ1) is 7.74.